The van der Waals surface area contributed by atoms with Crippen molar-refractivity contribution in [2.24, 2.45) is 0 Å². The summed E-state index contributed by atoms with van der Waals surface area (Å²) < 4.78 is 0. The van der Waals surface area contributed by atoms with Gasteiger partial charge in [-0.1, -0.05) is 55.3 Å². The van der Waals surface area contributed by atoms with Crippen LogP contribution in [-0.2, 0) is 5.88 Å². The number of alkyl halides is 1. The van der Waals surface area contributed by atoms with Gasteiger partial charge in [-0.15, -0.1) is 11.6 Å². The fourth-order valence-corrected chi connectivity index (χ4v) is 2.78. The monoisotopic (exact) mass is 307 g/mol. The molecule has 0 aromatic heterocycles. The molecule has 2 aromatic rings. The summed E-state index contributed by atoms with van der Waals surface area (Å²) in [7, 11) is 0. The molecule has 2 rings (SSSR count). The first-order chi connectivity index (χ1) is 9.77. The lowest BCUT2D eigenvalue weighted by Crippen LogP contribution is -2.20. The van der Waals surface area contributed by atoms with E-state index in [-0.39, 0.29) is 0 Å². The van der Waals surface area contributed by atoms with Crippen LogP contribution in [0.5, 0.6) is 0 Å². The predicted octanol–water partition coefficient (Wildman–Crippen LogP) is 6.02. The number of benzene rings is 2. The Hall–Kier alpha value is -1.18. The molecule has 0 unspecified atom stereocenters. The smallest absolute Gasteiger partial charge is 0.0646 e. The van der Waals surface area contributed by atoms with Gasteiger partial charge in [0.1, 0.15) is 0 Å². The highest BCUT2D eigenvalue weighted by Crippen LogP contribution is 2.36. The van der Waals surface area contributed by atoms with Gasteiger partial charge in [0.25, 0.3) is 0 Å². The van der Waals surface area contributed by atoms with Gasteiger partial charge in [0, 0.05) is 18.1 Å². The fraction of sp³-hybridized carbons (Fsp3) is 0.294. The maximum atomic E-state index is 6.43. The highest BCUT2D eigenvalue weighted by atomic mass is 35.5. The summed E-state index contributed by atoms with van der Waals surface area (Å²) >= 11 is 12.5. The van der Waals surface area contributed by atoms with E-state index >= 15 is 0 Å². The topological polar surface area (TPSA) is 3.24 Å². The van der Waals surface area contributed by atoms with E-state index in [0.717, 1.165) is 41.3 Å². The highest BCUT2D eigenvalue weighted by Gasteiger charge is 2.15. The van der Waals surface area contributed by atoms with Gasteiger partial charge in [-0.05, 0) is 30.2 Å². The molecule has 0 aliphatic carbocycles. The van der Waals surface area contributed by atoms with Crippen LogP contribution in [0.3, 0.4) is 0 Å². The van der Waals surface area contributed by atoms with Crippen LogP contribution >= 0.6 is 23.2 Å². The molecule has 0 aliphatic heterocycles. The first-order valence-corrected chi connectivity index (χ1v) is 7.85. The van der Waals surface area contributed by atoms with Gasteiger partial charge in [0.15, 0.2) is 0 Å². The predicted molar refractivity (Wildman–Crippen MR) is 89.4 cm³/mol. The van der Waals surface area contributed by atoms with Crippen molar-refractivity contribution < 1.29 is 0 Å². The second-order valence-electron chi connectivity index (χ2n) is 4.72. The van der Waals surface area contributed by atoms with Crippen LogP contribution in [0.4, 0.5) is 11.4 Å². The minimum atomic E-state index is 0.464. The van der Waals surface area contributed by atoms with E-state index in [1.165, 1.54) is 0 Å². The van der Waals surface area contributed by atoms with Crippen molar-refractivity contribution in [2.45, 2.75) is 25.6 Å². The van der Waals surface area contributed by atoms with Crippen LogP contribution in [-0.4, -0.2) is 6.54 Å². The minimum Gasteiger partial charge on any atom is -0.340 e. The van der Waals surface area contributed by atoms with E-state index in [4.69, 9.17) is 23.2 Å². The maximum absolute atomic E-state index is 6.43. The number of rotatable bonds is 6. The third-order valence-corrected chi connectivity index (χ3v) is 3.88. The number of halogens is 2. The first kappa shape index (κ1) is 15.2. The SMILES string of the molecule is CCCCN(c1ccccc1)c1c(Cl)cccc1CCl. The third kappa shape index (κ3) is 3.47. The largest absolute Gasteiger partial charge is 0.340 e. The summed E-state index contributed by atoms with van der Waals surface area (Å²) in [6.07, 6.45) is 2.26. The number of anilines is 2. The van der Waals surface area contributed by atoms with Gasteiger partial charge < -0.3 is 4.90 Å². The molecule has 20 heavy (non-hydrogen) atoms. The Morgan fingerprint density at radius 2 is 1.75 bits per heavy atom. The van der Waals surface area contributed by atoms with E-state index in [2.05, 4.69) is 24.0 Å². The van der Waals surface area contributed by atoms with Crippen molar-refractivity contribution in [2.75, 3.05) is 11.4 Å². The maximum Gasteiger partial charge on any atom is 0.0646 e. The Labute approximate surface area is 131 Å². The van der Waals surface area contributed by atoms with Gasteiger partial charge in [-0.2, -0.15) is 0 Å². The number of unbranched alkanes of at least 4 members (excludes halogenated alkanes) is 1. The molecule has 0 aliphatic rings. The minimum absolute atomic E-state index is 0.464. The summed E-state index contributed by atoms with van der Waals surface area (Å²) in [6.45, 7) is 3.13. The fourth-order valence-electron chi connectivity index (χ4n) is 2.26. The molecule has 0 heterocycles. The van der Waals surface area contributed by atoms with Crippen LogP contribution in [0, 0.1) is 0 Å². The molecule has 0 amide bonds. The van der Waals surface area contributed by atoms with Crippen LogP contribution < -0.4 is 4.90 Å². The molecule has 3 heteroatoms. The zero-order chi connectivity index (χ0) is 14.4. The van der Waals surface area contributed by atoms with Crippen LogP contribution in [0.15, 0.2) is 48.5 Å². The van der Waals surface area contributed by atoms with Gasteiger partial charge in [0.05, 0.1) is 10.7 Å². The quantitative estimate of drug-likeness (QED) is 0.590. The lowest BCUT2D eigenvalue weighted by atomic mass is 10.1. The number of hydrogen-bond acceptors (Lipinski definition) is 1. The third-order valence-electron chi connectivity index (χ3n) is 3.29. The molecular formula is C17H19Cl2N. The Balaban J connectivity index is 2.46. The van der Waals surface area contributed by atoms with Crippen molar-refractivity contribution in [3.05, 3.63) is 59.1 Å². The summed E-state index contributed by atoms with van der Waals surface area (Å²) in [5.41, 5.74) is 3.25. The average Bonchev–Trinajstić information content (AvgIpc) is 2.50. The Morgan fingerprint density at radius 1 is 1.00 bits per heavy atom. The molecule has 0 N–H and O–H groups in total. The van der Waals surface area contributed by atoms with E-state index < -0.39 is 0 Å². The zero-order valence-electron chi connectivity index (χ0n) is 11.7. The molecule has 0 atom stereocenters. The number of hydrogen-bond donors (Lipinski definition) is 0. The van der Waals surface area contributed by atoms with Crippen LogP contribution in [0.1, 0.15) is 25.3 Å². The summed E-state index contributed by atoms with van der Waals surface area (Å²) in [5, 5.41) is 0.753. The molecule has 2 aromatic carbocycles. The van der Waals surface area contributed by atoms with Gasteiger partial charge in [-0.25, -0.2) is 0 Å². The molecule has 106 valence electrons. The second-order valence-corrected chi connectivity index (χ2v) is 5.40. The molecule has 0 bridgehead atoms. The Morgan fingerprint density at radius 3 is 2.40 bits per heavy atom. The van der Waals surface area contributed by atoms with E-state index in [9.17, 15) is 0 Å². The van der Waals surface area contributed by atoms with E-state index in [1.807, 2.05) is 36.4 Å². The second kappa shape index (κ2) is 7.56. The van der Waals surface area contributed by atoms with Gasteiger partial charge in [0.2, 0.25) is 0 Å². The average molecular weight is 308 g/mol. The van der Waals surface area contributed by atoms with Crippen molar-refractivity contribution in [1.82, 2.24) is 0 Å². The number of nitrogens with zero attached hydrogens (tertiary/aromatic N) is 1. The van der Waals surface area contributed by atoms with Crippen molar-refractivity contribution in [3.8, 4) is 0 Å². The molecular weight excluding hydrogens is 289 g/mol. The van der Waals surface area contributed by atoms with Gasteiger partial charge >= 0.3 is 0 Å². The lowest BCUT2D eigenvalue weighted by Gasteiger charge is -2.28. The molecule has 0 saturated carbocycles. The molecule has 0 saturated heterocycles. The van der Waals surface area contributed by atoms with Crippen molar-refractivity contribution >= 4 is 34.6 Å². The van der Waals surface area contributed by atoms with Crippen molar-refractivity contribution in [3.63, 3.8) is 0 Å². The number of para-hydroxylation sites is 2. The summed E-state index contributed by atoms with van der Waals surface area (Å²) in [4.78, 5) is 2.27. The molecule has 0 radical (unpaired) electrons. The van der Waals surface area contributed by atoms with E-state index in [0.29, 0.717) is 5.88 Å². The van der Waals surface area contributed by atoms with E-state index in [1.54, 1.807) is 0 Å². The standard InChI is InChI=1S/C17H19Cl2N/c1-2-3-12-20(15-9-5-4-6-10-15)17-14(13-18)8-7-11-16(17)19/h4-11H,2-3,12-13H2,1H3. The summed E-state index contributed by atoms with van der Waals surface area (Å²) in [5.74, 6) is 0.464. The molecule has 1 nitrogen and oxygen atoms in total. The highest BCUT2D eigenvalue weighted by molar-refractivity contribution is 6.33. The van der Waals surface area contributed by atoms with Gasteiger partial charge in [-0.3, -0.25) is 0 Å². The van der Waals surface area contributed by atoms with Crippen molar-refractivity contribution in [1.29, 1.82) is 0 Å². The zero-order valence-corrected chi connectivity index (χ0v) is 13.2. The van der Waals surface area contributed by atoms with Crippen LogP contribution in [0.25, 0.3) is 0 Å². The first-order valence-electron chi connectivity index (χ1n) is 6.94. The molecule has 0 fully saturated rings. The Bertz CT molecular complexity index is 540. The normalized spacial score (nSPS) is 10.6. The summed E-state index contributed by atoms with van der Waals surface area (Å²) in [6, 6.07) is 16.2. The van der Waals surface area contributed by atoms with Crippen LogP contribution in [0.2, 0.25) is 5.02 Å². The molecule has 0 spiro atoms. The lowest BCUT2D eigenvalue weighted by molar-refractivity contribution is 0.784. The Kier molecular flexibility index (Phi) is 5.75.